The van der Waals surface area contributed by atoms with Gasteiger partial charge in [0, 0.05) is 6.08 Å². The third-order valence-corrected chi connectivity index (χ3v) is 0.613. The van der Waals surface area contributed by atoms with Gasteiger partial charge < -0.3 is 10.8 Å². The number of aliphatic carboxylic acids is 1. The maximum atomic E-state index is 10.2. The highest BCUT2D eigenvalue weighted by atomic mass is 16.4. The first-order chi connectivity index (χ1) is 4.16. The highest BCUT2D eigenvalue weighted by Gasteiger charge is 1.90. The van der Waals surface area contributed by atoms with E-state index < -0.39 is 11.8 Å². The number of hydrogen-bond acceptors (Lipinski definition) is 3. The second kappa shape index (κ2) is 3.80. The molecule has 0 aliphatic rings. The summed E-state index contributed by atoms with van der Waals surface area (Å²) in [7, 11) is 0. The van der Waals surface area contributed by atoms with Crippen LogP contribution in [0.1, 0.15) is 0 Å². The van der Waals surface area contributed by atoms with Crippen molar-refractivity contribution in [2.45, 2.75) is 0 Å². The number of nitrogens with two attached hydrogens (primary N) is 1. The van der Waals surface area contributed by atoms with Gasteiger partial charge in [0.15, 0.2) is 5.78 Å². The molecule has 3 N–H and O–H groups in total. The number of carbonyl (C=O) groups is 2. The van der Waals surface area contributed by atoms with Crippen molar-refractivity contribution in [1.29, 1.82) is 0 Å². The zero-order valence-corrected chi connectivity index (χ0v) is 4.70. The lowest BCUT2D eigenvalue weighted by Crippen LogP contribution is -2.10. The molecule has 0 aromatic heterocycles. The Kier molecular flexibility index (Phi) is 3.31. The molecule has 0 saturated carbocycles. The summed E-state index contributed by atoms with van der Waals surface area (Å²) < 4.78 is 0. The first kappa shape index (κ1) is 7.84. The summed E-state index contributed by atoms with van der Waals surface area (Å²) in [6.07, 6.45) is 1.69. The quantitative estimate of drug-likeness (QED) is 0.486. The largest absolute Gasteiger partial charge is 0.478 e. The monoisotopic (exact) mass is 129 g/mol. The number of ketones is 1. The molecule has 0 unspecified atom stereocenters. The van der Waals surface area contributed by atoms with Crippen LogP contribution in [0, 0.1) is 0 Å². The molecule has 4 heteroatoms. The van der Waals surface area contributed by atoms with Gasteiger partial charge in [-0.05, 0) is 6.08 Å². The van der Waals surface area contributed by atoms with Crippen LogP contribution in [0.25, 0.3) is 0 Å². The summed E-state index contributed by atoms with van der Waals surface area (Å²) in [6.45, 7) is -0.149. The van der Waals surface area contributed by atoms with Gasteiger partial charge in [-0.1, -0.05) is 0 Å². The first-order valence-corrected chi connectivity index (χ1v) is 2.30. The molecule has 0 saturated heterocycles. The smallest absolute Gasteiger partial charge is 0.328 e. The van der Waals surface area contributed by atoms with Gasteiger partial charge in [-0.25, -0.2) is 4.79 Å². The van der Waals surface area contributed by atoms with Crippen LogP contribution in [0.5, 0.6) is 0 Å². The van der Waals surface area contributed by atoms with Gasteiger partial charge in [0.25, 0.3) is 0 Å². The second-order valence-electron chi connectivity index (χ2n) is 1.34. The Morgan fingerprint density at radius 3 is 2.33 bits per heavy atom. The van der Waals surface area contributed by atoms with Gasteiger partial charge in [0.05, 0.1) is 6.54 Å². The summed E-state index contributed by atoms with van der Waals surface area (Å²) in [6, 6.07) is 0. The third kappa shape index (κ3) is 4.70. The predicted octanol–water partition coefficient (Wildman–Crippen LogP) is -0.845. The van der Waals surface area contributed by atoms with Gasteiger partial charge in [-0.15, -0.1) is 0 Å². The Hall–Kier alpha value is -1.16. The topological polar surface area (TPSA) is 80.4 Å². The van der Waals surface area contributed by atoms with E-state index in [4.69, 9.17) is 10.8 Å². The zero-order chi connectivity index (χ0) is 7.28. The van der Waals surface area contributed by atoms with E-state index in [0.29, 0.717) is 0 Å². The van der Waals surface area contributed by atoms with Crippen molar-refractivity contribution in [2.24, 2.45) is 5.73 Å². The molecule has 0 aliphatic heterocycles. The van der Waals surface area contributed by atoms with Crippen LogP contribution >= 0.6 is 0 Å². The highest BCUT2D eigenvalue weighted by Crippen LogP contribution is 1.73. The molecule has 9 heavy (non-hydrogen) atoms. The minimum absolute atomic E-state index is 0.149. The van der Waals surface area contributed by atoms with E-state index in [1.165, 1.54) is 0 Å². The summed E-state index contributed by atoms with van der Waals surface area (Å²) in [5.74, 6) is -1.53. The molecular formula is C5H7NO3. The third-order valence-electron chi connectivity index (χ3n) is 0.613. The van der Waals surface area contributed by atoms with Crippen LogP contribution in [-0.2, 0) is 9.59 Å². The van der Waals surface area contributed by atoms with Gasteiger partial charge in [-0.2, -0.15) is 0 Å². The first-order valence-electron chi connectivity index (χ1n) is 2.30. The van der Waals surface area contributed by atoms with Crippen LogP contribution in [-0.4, -0.2) is 23.4 Å². The van der Waals surface area contributed by atoms with Crippen LogP contribution in [0.4, 0.5) is 0 Å². The fraction of sp³-hybridized carbons (Fsp3) is 0.200. The average Bonchev–Trinajstić information content (AvgIpc) is 1.83. The summed E-state index contributed by atoms with van der Waals surface area (Å²) >= 11 is 0. The molecule has 4 nitrogen and oxygen atoms in total. The van der Waals surface area contributed by atoms with E-state index in [1.807, 2.05) is 0 Å². The fourth-order valence-electron chi connectivity index (χ4n) is 0.232. The van der Waals surface area contributed by atoms with Crippen molar-refractivity contribution in [2.75, 3.05) is 6.54 Å². The number of rotatable bonds is 3. The van der Waals surface area contributed by atoms with Crippen molar-refractivity contribution < 1.29 is 14.7 Å². The van der Waals surface area contributed by atoms with Crippen LogP contribution in [0.2, 0.25) is 0 Å². The SMILES string of the molecule is NCC(=O)/C=C/C(=O)O. The van der Waals surface area contributed by atoms with Crippen molar-refractivity contribution in [3.05, 3.63) is 12.2 Å². The molecule has 0 rings (SSSR count). The second-order valence-corrected chi connectivity index (χ2v) is 1.34. The molecule has 0 radical (unpaired) electrons. The van der Waals surface area contributed by atoms with Gasteiger partial charge in [0.2, 0.25) is 0 Å². The van der Waals surface area contributed by atoms with Crippen molar-refractivity contribution >= 4 is 11.8 Å². The Balaban J connectivity index is 3.71. The Bertz CT molecular complexity index is 150. The molecule has 0 bridgehead atoms. The lowest BCUT2D eigenvalue weighted by Gasteiger charge is -1.81. The maximum Gasteiger partial charge on any atom is 0.328 e. The van der Waals surface area contributed by atoms with Crippen molar-refractivity contribution in [3.63, 3.8) is 0 Å². The summed E-state index contributed by atoms with van der Waals surface area (Å²) in [5, 5.41) is 7.98. The van der Waals surface area contributed by atoms with E-state index in [-0.39, 0.29) is 6.54 Å². The van der Waals surface area contributed by atoms with Gasteiger partial charge in [-0.3, -0.25) is 4.79 Å². The fourth-order valence-corrected chi connectivity index (χ4v) is 0.232. The minimum atomic E-state index is -1.14. The van der Waals surface area contributed by atoms with Crippen molar-refractivity contribution in [1.82, 2.24) is 0 Å². The summed E-state index contributed by atoms with van der Waals surface area (Å²) in [5.41, 5.74) is 4.86. The molecule has 0 heterocycles. The molecule has 0 fully saturated rings. The lowest BCUT2D eigenvalue weighted by molar-refractivity contribution is -0.131. The number of carbonyl (C=O) groups excluding carboxylic acids is 1. The van der Waals surface area contributed by atoms with Crippen LogP contribution < -0.4 is 5.73 Å². The van der Waals surface area contributed by atoms with Crippen LogP contribution in [0.15, 0.2) is 12.2 Å². The van der Waals surface area contributed by atoms with Crippen molar-refractivity contribution in [3.8, 4) is 0 Å². The maximum absolute atomic E-state index is 10.2. The van der Waals surface area contributed by atoms with Gasteiger partial charge >= 0.3 is 5.97 Å². The predicted molar refractivity (Wildman–Crippen MR) is 30.8 cm³/mol. The minimum Gasteiger partial charge on any atom is -0.478 e. The summed E-state index contributed by atoms with van der Waals surface area (Å²) in [4.78, 5) is 20.0. The normalized spacial score (nSPS) is 9.89. The van der Waals surface area contributed by atoms with E-state index in [2.05, 4.69) is 0 Å². The lowest BCUT2D eigenvalue weighted by atomic mass is 10.3. The molecule has 0 amide bonds. The Morgan fingerprint density at radius 1 is 1.44 bits per heavy atom. The Morgan fingerprint density at radius 2 is 2.00 bits per heavy atom. The number of carboxylic acid groups (broad SMARTS) is 1. The van der Waals surface area contributed by atoms with Gasteiger partial charge in [0.1, 0.15) is 0 Å². The number of hydrogen-bond donors (Lipinski definition) is 2. The zero-order valence-electron chi connectivity index (χ0n) is 4.70. The van der Waals surface area contributed by atoms with E-state index >= 15 is 0 Å². The van der Waals surface area contributed by atoms with Crippen LogP contribution in [0.3, 0.4) is 0 Å². The molecule has 0 aliphatic carbocycles. The molecule has 0 spiro atoms. The highest BCUT2D eigenvalue weighted by molar-refractivity contribution is 5.96. The molecule has 0 atom stereocenters. The standard InChI is InChI=1S/C5H7NO3/c6-3-4(7)1-2-5(8)9/h1-2H,3,6H2,(H,8,9)/b2-1+. The molecule has 0 aromatic rings. The number of carboxylic acids is 1. The average molecular weight is 129 g/mol. The van der Waals surface area contributed by atoms with E-state index in [0.717, 1.165) is 12.2 Å². The molecule has 0 aromatic carbocycles. The molecular weight excluding hydrogens is 122 g/mol. The van der Waals surface area contributed by atoms with E-state index in [1.54, 1.807) is 0 Å². The Labute approximate surface area is 52.0 Å². The van der Waals surface area contributed by atoms with E-state index in [9.17, 15) is 9.59 Å². The molecule has 50 valence electrons.